The lowest BCUT2D eigenvalue weighted by Crippen LogP contribution is -2.19. The van der Waals surface area contributed by atoms with E-state index in [9.17, 15) is 20.2 Å². The molecular weight excluding hydrogens is 362 g/mol. The van der Waals surface area contributed by atoms with Crippen LogP contribution >= 0.6 is 11.6 Å². The van der Waals surface area contributed by atoms with Crippen LogP contribution < -0.4 is 0 Å². The second kappa shape index (κ2) is 7.39. The van der Waals surface area contributed by atoms with E-state index in [0.717, 1.165) is 6.07 Å². The van der Waals surface area contributed by atoms with E-state index in [0.29, 0.717) is 6.42 Å². The molecule has 138 valence electrons. The SMILES string of the molecule is C[C@@H]1C[C@@H]2O[C@H]2/C=C\C=C\C(=NO)Cc2c(Cl)c(O)cc(O)c2C(=O)O1. The molecule has 0 bridgehead atoms. The van der Waals surface area contributed by atoms with Crippen LogP contribution in [-0.2, 0) is 15.9 Å². The molecule has 26 heavy (non-hydrogen) atoms. The number of benzene rings is 1. The predicted molar refractivity (Wildman–Crippen MR) is 94.1 cm³/mol. The Labute approximate surface area is 154 Å². The van der Waals surface area contributed by atoms with Gasteiger partial charge in [-0.3, -0.25) is 0 Å². The minimum absolute atomic E-state index is 0.0483. The Morgan fingerprint density at radius 1 is 1.27 bits per heavy atom. The number of cyclic esters (lactones) is 1. The minimum atomic E-state index is -0.780. The number of phenols is 2. The summed E-state index contributed by atoms with van der Waals surface area (Å²) in [6.07, 6.45) is 6.68. The molecule has 2 aliphatic heterocycles. The van der Waals surface area contributed by atoms with Crippen LogP contribution in [0.5, 0.6) is 11.5 Å². The van der Waals surface area contributed by atoms with E-state index in [2.05, 4.69) is 5.16 Å². The quantitative estimate of drug-likeness (QED) is 0.276. The average molecular weight is 380 g/mol. The van der Waals surface area contributed by atoms with Crippen LogP contribution in [0.1, 0.15) is 29.3 Å². The summed E-state index contributed by atoms with van der Waals surface area (Å²) < 4.78 is 10.9. The summed E-state index contributed by atoms with van der Waals surface area (Å²) in [5.74, 6) is -1.63. The van der Waals surface area contributed by atoms with Crippen molar-refractivity contribution in [3.05, 3.63) is 46.5 Å². The molecule has 1 fully saturated rings. The summed E-state index contributed by atoms with van der Waals surface area (Å²) in [5, 5.41) is 32.3. The standard InChI is InChI=1S/C18H18ClNO6/c1-9-6-15-14(26-15)5-3-2-4-10(20-24)7-11-16(18(23)25-9)12(21)8-13(22)17(11)19/h2-5,8-9,14-15,21-22,24H,6-7H2,1H3/b4-2+,5-3-,20-10?/t9-,14+,15+/m1/s1. The highest BCUT2D eigenvalue weighted by Gasteiger charge is 2.38. The number of aromatic hydroxyl groups is 2. The van der Waals surface area contributed by atoms with Crippen LogP contribution in [0.25, 0.3) is 0 Å². The van der Waals surface area contributed by atoms with E-state index in [1.165, 1.54) is 6.08 Å². The molecule has 2 heterocycles. The Hall–Kier alpha value is -2.51. The molecule has 1 saturated heterocycles. The zero-order valence-corrected chi connectivity index (χ0v) is 14.7. The smallest absolute Gasteiger partial charge is 0.342 e. The molecule has 0 spiro atoms. The first-order valence-corrected chi connectivity index (χ1v) is 8.44. The highest BCUT2D eigenvalue weighted by Crippen LogP contribution is 2.37. The van der Waals surface area contributed by atoms with Gasteiger partial charge < -0.3 is 24.9 Å². The van der Waals surface area contributed by atoms with Crippen molar-refractivity contribution in [1.29, 1.82) is 0 Å². The minimum Gasteiger partial charge on any atom is -0.507 e. The summed E-state index contributed by atoms with van der Waals surface area (Å²) in [7, 11) is 0. The molecule has 2 aliphatic rings. The molecule has 0 amide bonds. The molecule has 1 aromatic carbocycles. The van der Waals surface area contributed by atoms with Gasteiger partial charge in [0.2, 0.25) is 0 Å². The normalized spacial score (nSPS) is 29.8. The van der Waals surface area contributed by atoms with Crippen molar-refractivity contribution in [1.82, 2.24) is 0 Å². The number of allylic oxidation sites excluding steroid dienone is 3. The van der Waals surface area contributed by atoms with E-state index in [-0.39, 0.29) is 46.2 Å². The number of oxime groups is 1. The lowest BCUT2D eigenvalue weighted by Gasteiger charge is -2.17. The predicted octanol–water partition coefficient (Wildman–Crippen LogP) is 2.95. The van der Waals surface area contributed by atoms with E-state index in [1.807, 2.05) is 6.08 Å². The van der Waals surface area contributed by atoms with Crippen LogP contribution in [-0.4, -0.2) is 45.4 Å². The number of nitrogens with zero attached hydrogens (tertiary/aromatic N) is 1. The zero-order chi connectivity index (χ0) is 18.8. The van der Waals surface area contributed by atoms with Gasteiger partial charge in [-0.05, 0) is 18.6 Å². The van der Waals surface area contributed by atoms with Crippen molar-refractivity contribution >= 4 is 23.3 Å². The molecule has 1 aromatic rings. The monoisotopic (exact) mass is 379 g/mol. The highest BCUT2D eigenvalue weighted by atomic mass is 35.5. The van der Waals surface area contributed by atoms with Crippen molar-refractivity contribution in [3.8, 4) is 11.5 Å². The number of ether oxygens (including phenoxy) is 2. The zero-order valence-electron chi connectivity index (χ0n) is 13.9. The molecule has 0 aliphatic carbocycles. The van der Waals surface area contributed by atoms with Crippen LogP contribution in [0.2, 0.25) is 5.02 Å². The number of esters is 1. The van der Waals surface area contributed by atoms with E-state index in [1.54, 1.807) is 19.1 Å². The van der Waals surface area contributed by atoms with Gasteiger partial charge in [-0.15, -0.1) is 0 Å². The van der Waals surface area contributed by atoms with Gasteiger partial charge in [0.25, 0.3) is 0 Å². The van der Waals surface area contributed by atoms with E-state index < -0.39 is 17.8 Å². The summed E-state index contributed by atoms with van der Waals surface area (Å²) in [4.78, 5) is 12.6. The first-order valence-electron chi connectivity index (χ1n) is 8.06. The Kier molecular flexibility index (Phi) is 5.20. The maximum absolute atomic E-state index is 12.6. The third-order valence-corrected chi connectivity index (χ3v) is 4.63. The fraction of sp³-hybridized carbons (Fsp3) is 0.333. The van der Waals surface area contributed by atoms with Gasteiger partial charge in [-0.2, -0.15) is 0 Å². The van der Waals surface area contributed by atoms with Gasteiger partial charge in [-0.25, -0.2) is 4.79 Å². The van der Waals surface area contributed by atoms with Gasteiger partial charge in [-0.1, -0.05) is 35.0 Å². The van der Waals surface area contributed by atoms with E-state index in [4.69, 9.17) is 21.1 Å². The summed E-state index contributed by atoms with van der Waals surface area (Å²) >= 11 is 6.12. The van der Waals surface area contributed by atoms with Crippen molar-refractivity contribution < 1.29 is 29.7 Å². The molecule has 0 aromatic heterocycles. The number of epoxide rings is 1. The molecule has 0 unspecified atom stereocenters. The number of carbonyl (C=O) groups excluding carboxylic acids is 1. The summed E-state index contributed by atoms with van der Waals surface area (Å²) in [5.41, 5.74) is 0.115. The number of hydrogen-bond donors (Lipinski definition) is 3. The first kappa shape index (κ1) is 18.3. The molecule has 3 atom stereocenters. The van der Waals surface area contributed by atoms with Gasteiger partial charge in [0.05, 0.1) is 16.8 Å². The third-order valence-electron chi connectivity index (χ3n) is 4.21. The topological polar surface area (TPSA) is 112 Å². The Morgan fingerprint density at radius 2 is 2.04 bits per heavy atom. The molecule has 7 nitrogen and oxygen atoms in total. The molecular formula is C18H18ClNO6. The first-order chi connectivity index (χ1) is 12.4. The molecule has 3 N–H and O–H groups in total. The van der Waals surface area contributed by atoms with Gasteiger partial charge in [0, 0.05) is 18.9 Å². The van der Waals surface area contributed by atoms with Gasteiger partial charge in [0.15, 0.2) is 0 Å². The van der Waals surface area contributed by atoms with E-state index >= 15 is 0 Å². The highest BCUT2D eigenvalue weighted by molar-refractivity contribution is 6.33. The van der Waals surface area contributed by atoms with Crippen LogP contribution in [0.3, 0.4) is 0 Å². The van der Waals surface area contributed by atoms with Crippen molar-refractivity contribution in [3.63, 3.8) is 0 Å². The number of phenolic OH excluding ortho intramolecular Hbond substituents is 2. The Balaban J connectivity index is 2.05. The van der Waals surface area contributed by atoms with Crippen LogP contribution in [0.15, 0.2) is 35.5 Å². The summed E-state index contributed by atoms with van der Waals surface area (Å²) in [6, 6.07) is 0.977. The lowest BCUT2D eigenvalue weighted by atomic mass is 9.99. The second-order valence-corrected chi connectivity index (χ2v) is 6.56. The second-order valence-electron chi connectivity index (χ2n) is 6.19. The van der Waals surface area contributed by atoms with Gasteiger partial charge in [0.1, 0.15) is 29.3 Å². The largest absolute Gasteiger partial charge is 0.507 e. The number of rotatable bonds is 0. The van der Waals surface area contributed by atoms with Crippen molar-refractivity contribution in [2.75, 3.05) is 0 Å². The summed E-state index contributed by atoms with van der Waals surface area (Å²) in [6.45, 7) is 1.73. The van der Waals surface area contributed by atoms with Crippen LogP contribution in [0.4, 0.5) is 0 Å². The van der Waals surface area contributed by atoms with Crippen molar-refractivity contribution in [2.24, 2.45) is 5.16 Å². The maximum Gasteiger partial charge on any atom is 0.342 e. The maximum atomic E-state index is 12.6. The molecule has 0 saturated carbocycles. The van der Waals surface area contributed by atoms with Crippen molar-refractivity contribution in [2.45, 2.75) is 38.1 Å². The lowest BCUT2D eigenvalue weighted by molar-refractivity contribution is 0.0306. The number of fused-ring (bicyclic) bond motifs is 2. The average Bonchev–Trinajstić information content (AvgIpc) is 3.31. The number of carbonyl (C=O) groups is 1. The third kappa shape index (κ3) is 3.84. The Morgan fingerprint density at radius 3 is 2.77 bits per heavy atom. The Bertz CT molecular complexity index is 816. The van der Waals surface area contributed by atoms with Crippen LogP contribution in [0, 0.1) is 0 Å². The molecule has 3 rings (SSSR count). The fourth-order valence-electron chi connectivity index (χ4n) is 2.86. The molecule has 8 heteroatoms. The number of hydrogen-bond acceptors (Lipinski definition) is 7. The van der Waals surface area contributed by atoms with Gasteiger partial charge >= 0.3 is 5.97 Å². The fourth-order valence-corrected chi connectivity index (χ4v) is 3.07. The molecule has 0 radical (unpaired) electrons. The number of halogens is 1.